The number of hydrogen-bond donors (Lipinski definition) is 0. The molecule has 0 saturated carbocycles. The first kappa shape index (κ1) is 40.0. The minimum absolute atomic E-state index is 0.265. The van der Waals surface area contributed by atoms with Crippen LogP contribution in [-0.2, 0) is 0 Å². The highest BCUT2D eigenvalue weighted by Gasteiger charge is 2.44. The molecule has 0 fully saturated rings. The van der Waals surface area contributed by atoms with Gasteiger partial charge in [0.2, 0.25) is 0 Å². The van der Waals surface area contributed by atoms with Crippen molar-refractivity contribution >= 4 is 132 Å². The molecular formula is C68H34BN5O2. The van der Waals surface area contributed by atoms with Crippen LogP contribution in [0.2, 0.25) is 0 Å². The van der Waals surface area contributed by atoms with E-state index in [0.29, 0.717) is 16.8 Å². The Morgan fingerprint density at radius 2 is 0.711 bits per heavy atom. The first-order valence-corrected chi connectivity index (χ1v) is 25.6. The quantitative estimate of drug-likeness (QED) is 0.165. The van der Waals surface area contributed by atoms with Gasteiger partial charge in [-0.05, 0) is 99.3 Å². The van der Waals surface area contributed by atoms with Gasteiger partial charge in [-0.2, -0.15) is 10.5 Å². The number of rotatable bonds is 3. The van der Waals surface area contributed by atoms with Gasteiger partial charge in [-0.3, -0.25) is 0 Å². The largest absolute Gasteiger partial charge is 0.456 e. The number of furan rings is 2. The maximum atomic E-state index is 12.3. The zero-order valence-electron chi connectivity index (χ0n) is 40.3. The summed E-state index contributed by atoms with van der Waals surface area (Å²) in [5, 5.41) is 35.3. The Labute approximate surface area is 432 Å². The lowest BCUT2D eigenvalue weighted by atomic mass is 9.34. The van der Waals surface area contributed by atoms with E-state index in [1.807, 2.05) is 36.4 Å². The fourth-order valence-corrected chi connectivity index (χ4v) is 13.8. The highest BCUT2D eigenvalue weighted by Crippen LogP contribution is 2.47. The fraction of sp³-hybridized carbons (Fsp3) is 0. The van der Waals surface area contributed by atoms with Crippen LogP contribution >= 0.6 is 0 Å². The van der Waals surface area contributed by atoms with Crippen LogP contribution in [0.1, 0.15) is 11.1 Å². The van der Waals surface area contributed by atoms with E-state index >= 15 is 0 Å². The second kappa shape index (κ2) is 14.1. The molecule has 0 radical (unpaired) electrons. The van der Waals surface area contributed by atoms with Crippen LogP contribution in [0.5, 0.6) is 0 Å². The summed E-state index contributed by atoms with van der Waals surface area (Å²) in [7, 11) is 0. The molecule has 2 aliphatic heterocycles. The van der Waals surface area contributed by atoms with Gasteiger partial charge in [-0.15, -0.1) is 0 Å². The van der Waals surface area contributed by atoms with Gasteiger partial charge < -0.3 is 22.5 Å². The number of hydrogen-bond acceptors (Lipinski definition) is 4. The van der Waals surface area contributed by atoms with Crippen molar-refractivity contribution in [3.63, 3.8) is 0 Å². The topological polar surface area (TPSA) is 88.7 Å². The molecule has 0 unspecified atom stereocenters. The first-order valence-electron chi connectivity index (χ1n) is 25.6. The molecule has 8 heteroatoms. The minimum atomic E-state index is -0.265. The molecule has 0 bridgehead atoms. The van der Waals surface area contributed by atoms with Crippen LogP contribution in [0.4, 0.5) is 0 Å². The molecule has 2 aliphatic rings. The number of nitrogens with zero attached hydrogens (tertiary/aromatic N) is 5. The van der Waals surface area contributed by atoms with Crippen molar-refractivity contribution in [1.29, 1.82) is 10.5 Å². The van der Waals surface area contributed by atoms with Gasteiger partial charge in [0.25, 0.3) is 6.71 Å². The Hall–Kier alpha value is -10.5. The van der Waals surface area contributed by atoms with Crippen LogP contribution in [0, 0.1) is 22.7 Å². The average Bonchev–Trinajstić information content (AvgIpc) is 4.41. The van der Waals surface area contributed by atoms with Crippen LogP contribution in [0.3, 0.4) is 0 Å². The van der Waals surface area contributed by atoms with Gasteiger partial charge in [-0.1, -0.05) is 146 Å². The highest BCUT2D eigenvalue weighted by molar-refractivity contribution is 7.00. The van der Waals surface area contributed by atoms with Crippen molar-refractivity contribution < 1.29 is 8.83 Å². The number of para-hydroxylation sites is 6. The summed E-state index contributed by atoms with van der Waals surface area (Å²) in [5.74, 6) is 0. The van der Waals surface area contributed by atoms with E-state index in [-0.39, 0.29) is 6.71 Å². The number of benzene rings is 11. The number of nitriles is 2. The summed E-state index contributed by atoms with van der Waals surface area (Å²) in [6, 6.07) is 78.5. The molecule has 7 heterocycles. The lowest BCUT2D eigenvalue weighted by Gasteiger charge is -2.35. The van der Waals surface area contributed by atoms with Crippen molar-refractivity contribution in [2.24, 2.45) is 0 Å². The van der Waals surface area contributed by atoms with E-state index < -0.39 is 0 Å². The van der Waals surface area contributed by atoms with Crippen molar-refractivity contribution in [3.05, 3.63) is 217 Å². The fourth-order valence-electron chi connectivity index (χ4n) is 13.8. The Morgan fingerprint density at radius 3 is 1.20 bits per heavy atom. The molecule has 5 aromatic heterocycles. The normalized spacial score (nSPS) is 12.7. The Kier molecular flexibility index (Phi) is 7.45. The lowest BCUT2D eigenvalue weighted by Crippen LogP contribution is -2.60. The summed E-state index contributed by atoms with van der Waals surface area (Å²) >= 11 is 0. The van der Waals surface area contributed by atoms with E-state index in [0.717, 1.165) is 159 Å². The Balaban J connectivity index is 1.02. The summed E-state index contributed by atoms with van der Waals surface area (Å²) in [5.41, 5.74) is 19.7. The third kappa shape index (κ3) is 4.87. The SMILES string of the molecule is N#Cc1c(-n2c3cc(-c4ccc5oc6ccccc6c5c4)ccc3c3ccc(-c4ccc5oc6ccccc6c5c4)cc32)c(C#N)c2c3c1-n1c4ccccc4c4cccc(c41)B3c1cccc3c4ccccc4n-2c13. The predicted octanol–water partition coefficient (Wildman–Crippen LogP) is 15.0. The van der Waals surface area contributed by atoms with E-state index in [1.165, 1.54) is 0 Å². The van der Waals surface area contributed by atoms with E-state index in [9.17, 15) is 10.5 Å². The van der Waals surface area contributed by atoms with Gasteiger partial charge in [-0.25, -0.2) is 0 Å². The molecule has 346 valence electrons. The third-order valence-electron chi connectivity index (χ3n) is 16.9. The second-order valence-corrected chi connectivity index (χ2v) is 20.5. The van der Waals surface area contributed by atoms with E-state index in [1.54, 1.807) is 0 Å². The maximum Gasteiger partial charge on any atom is 0.252 e. The Bertz CT molecular complexity index is 5140. The molecule has 0 N–H and O–H groups in total. The van der Waals surface area contributed by atoms with E-state index in [2.05, 4.69) is 196 Å². The standard InChI is InChI=1S/C68H34BN5O2/c70-35-51-64(52(36-71)68-63-67(51)73-55-19-5-1-11-41(55)47-15-9-17-53(65(47)73)69(63)54-18-10-16-48-42-12-2-6-20-56(42)74(68)66(48)54)72-57-33-39(37-25-29-61-49(31-37)45-13-3-7-21-59(45)75-61)23-27-43(57)44-28-24-40(34-58(44)72)38-26-30-62-50(32-38)46-14-4-8-22-60(46)76-62/h1-34H. The van der Waals surface area contributed by atoms with Crippen LogP contribution < -0.4 is 16.4 Å². The van der Waals surface area contributed by atoms with Gasteiger partial charge in [0.15, 0.2) is 0 Å². The molecule has 0 saturated heterocycles. The molecule has 7 nitrogen and oxygen atoms in total. The predicted molar refractivity (Wildman–Crippen MR) is 309 cm³/mol. The molecular weight excluding hydrogens is 930 g/mol. The third-order valence-corrected chi connectivity index (χ3v) is 16.9. The van der Waals surface area contributed by atoms with Gasteiger partial charge in [0.1, 0.15) is 45.6 Å². The lowest BCUT2D eigenvalue weighted by molar-refractivity contribution is 0.668. The van der Waals surface area contributed by atoms with Crippen LogP contribution in [0.15, 0.2) is 215 Å². The molecule has 0 amide bonds. The van der Waals surface area contributed by atoms with Gasteiger partial charge in [0, 0.05) is 64.9 Å². The first-order chi connectivity index (χ1) is 37.6. The summed E-state index contributed by atoms with van der Waals surface area (Å²) in [6.45, 7) is -0.265. The monoisotopic (exact) mass is 963 g/mol. The smallest absolute Gasteiger partial charge is 0.252 e. The van der Waals surface area contributed by atoms with Crippen LogP contribution in [0.25, 0.3) is 149 Å². The van der Waals surface area contributed by atoms with Crippen molar-refractivity contribution in [1.82, 2.24) is 13.7 Å². The van der Waals surface area contributed by atoms with Crippen molar-refractivity contribution in [3.8, 4) is 51.5 Å². The minimum Gasteiger partial charge on any atom is -0.456 e. The molecule has 11 aromatic carbocycles. The molecule has 0 aliphatic carbocycles. The average molecular weight is 964 g/mol. The Morgan fingerprint density at radius 1 is 0.316 bits per heavy atom. The van der Waals surface area contributed by atoms with E-state index in [4.69, 9.17) is 8.83 Å². The summed E-state index contributed by atoms with van der Waals surface area (Å²) < 4.78 is 19.5. The maximum absolute atomic E-state index is 12.3. The van der Waals surface area contributed by atoms with Gasteiger partial charge in [0.05, 0.1) is 39.1 Å². The van der Waals surface area contributed by atoms with Gasteiger partial charge >= 0.3 is 0 Å². The molecule has 0 atom stereocenters. The molecule has 18 rings (SSSR count). The second-order valence-electron chi connectivity index (χ2n) is 20.5. The van der Waals surface area contributed by atoms with Crippen LogP contribution in [-0.4, -0.2) is 20.4 Å². The zero-order chi connectivity index (χ0) is 49.7. The summed E-state index contributed by atoms with van der Waals surface area (Å²) in [4.78, 5) is 0. The van der Waals surface area contributed by atoms with Crippen molar-refractivity contribution in [2.45, 2.75) is 0 Å². The molecule has 0 spiro atoms. The molecule has 76 heavy (non-hydrogen) atoms. The number of aromatic nitrogens is 3. The number of fused-ring (bicyclic) bond motifs is 19. The summed E-state index contributed by atoms with van der Waals surface area (Å²) in [6.07, 6.45) is 0. The highest BCUT2D eigenvalue weighted by atomic mass is 16.3. The molecule has 16 aromatic rings. The van der Waals surface area contributed by atoms with Crippen molar-refractivity contribution in [2.75, 3.05) is 0 Å². The zero-order valence-corrected chi connectivity index (χ0v) is 40.3.